The van der Waals surface area contributed by atoms with Gasteiger partial charge >= 0.3 is 5.97 Å². The minimum atomic E-state index is -1.57. The summed E-state index contributed by atoms with van der Waals surface area (Å²) in [5.74, 6) is -0.672. The number of hydrogen-bond acceptors (Lipinski definition) is 4. The predicted octanol–water partition coefficient (Wildman–Crippen LogP) is 2.86. The Labute approximate surface area is 123 Å². The first kappa shape index (κ1) is 15.5. The van der Waals surface area contributed by atoms with Gasteiger partial charge in [-0.25, -0.2) is 4.79 Å². The van der Waals surface area contributed by atoms with Crippen molar-refractivity contribution in [3.8, 4) is 0 Å². The van der Waals surface area contributed by atoms with E-state index < -0.39 is 11.6 Å². The minimum absolute atomic E-state index is 0.0555. The quantitative estimate of drug-likeness (QED) is 0.788. The van der Waals surface area contributed by atoms with Gasteiger partial charge in [-0.2, -0.15) is 0 Å². The summed E-state index contributed by atoms with van der Waals surface area (Å²) >= 11 is 6.86. The van der Waals surface area contributed by atoms with Crippen LogP contribution in [0.3, 0.4) is 0 Å². The molecule has 1 aromatic rings. The maximum atomic E-state index is 11.3. The van der Waals surface area contributed by atoms with Crippen LogP contribution in [0.5, 0.6) is 0 Å². The predicted molar refractivity (Wildman–Crippen MR) is 77.7 cm³/mol. The molecule has 0 aromatic heterocycles. The second-order valence-electron chi connectivity index (χ2n) is 4.22. The molecule has 2 N–H and O–H groups in total. The number of hydrogen-bond donors (Lipinski definition) is 2. The van der Waals surface area contributed by atoms with Crippen molar-refractivity contribution in [1.82, 2.24) is 0 Å². The molecule has 0 fully saturated rings. The van der Waals surface area contributed by atoms with Crippen molar-refractivity contribution in [2.24, 2.45) is 0 Å². The lowest BCUT2D eigenvalue weighted by Crippen LogP contribution is -2.42. The topological polar surface area (TPSA) is 58.6 Å². The van der Waals surface area contributed by atoms with E-state index in [1.807, 2.05) is 19.1 Å². The van der Waals surface area contributed by atoms with E-state index in [9.17, 15) is 9.90 Å². The van der Waals surface area contributed by atoms with Crippen molar-refractivity contribution in [1.29, 1.82) is 0 Å². The van der Waals surface area contributed by atoms with Gasteiger partial charge in [-0.15, -0.1) is 0 Å². The van der Waals surface area contributed by atoms with Gasteiger partial charge in [0.2, 0.25) is 0 Å². The number of anilines is 1. The Bertz CT molecular complexity index is 438. The molecule has 0 heterocycles. The maximum absolute atomic E-state index is 11.3. The molecule has 0 spiro atoms. The molecular weight excluding hydrogens is 366 g/mol. The van der Waals surface area contributed by atoms with E-state index >= 15 is 0 Å². The van der Waals surface area contributed by atoms with E-state index in [1.54, 1.807) is 0 Å². The second kappa shape index (κ2) is 6.04. The molecule has 0 aliphatic carbocycles. The zero-order chi connectivity index (χ0) is 13.9. The number of carbonyl (C=O) groups excluding carboxylic acids is 1. The van der Waals surface area contributed by atoms with Gasteiger partial charge in [0, 0.05) is 8.95 Å². The maximum Gasteiger partial charge on any atom is 0.339 e. The number of benzene rings is 1. The molecule has 0 saturated carbocycles. The smallest absolute Gasteiger partial charge is 0.339 e. The van der Waals surface area contributed by atoms with Crippen molar-refractivity contribution in [3.63, 3.8) is 0 Å². The van der Waals surface area contributed by atoms with Crippen molar-refractivity contribution < 1.29 is 14.6 Å². The second-order valence-corrected chi connectivity index (χ2v) is 5.93. The third kappa shape index (κ3) is 3.70. The first-order chi connectivity index (χ1) is 8.27. The summed E-state index contributed by atoms with van der Waals surface area (Å²) in [5, 5.41) is 12.9. The summed E-state index contributed by atoms with van der Waals surface area (Å²) in [6.07, 6.45) is 0. The van der Waals surface area contributed by atoms with E-state index in [0.29, 0.717) is 0 Å². The Morgan fingerprint density at radius 2 is 1.94 bits per heavy atom. The molecule has 1 unspecified atom stereocenters. The van der Waals surface area contributed by atoms with E-state index in [0.717, 1.165) is 20.2 Å². The number of rotatable bonds is 4. The van der Waals surface area contributed by atoms with Crippen molar-refractivity contribution in [3.05, 3.63) is 26.6 Å². The molecule has 0 saturated heterocycles. The van der Waals surface area contributed by atoms with E-state index in [-0.39, 0.29) is 6.54 Å². The summed E-state index contributed by atoms with van der Waals surface area (Å²) in [6, 6.07) is 3.89. The molecule has 4 nitrogen and oxygen atoms in total. The molecule has 100 valence electrons. The van der Waals surface area contributed by atoms with Crippen LogP contribution in [0.1, 0.15) is 12.5 Å². The van der Waals surface area contributed by atoms with Gasteiger partial charge in [-0.1, -0.05) is 0 Å². The number of esters is 1. The van der Waals surface area contributed by atoms with Gasteiger partial charge in [-0.3, -0.25) is 0 Å². The molecule has 18 heavy (non-hydrogen) atoms. The van der Waals surface area contributed by atoms with Gasteiger partial charge < -0.3 is 15.2 Å². The van der Waals surface area contributed by atoms with Crippen molar-refractivity contribution in [2.75, 3.05) is 19.0 Å². The van der Waals surface area contributed by atoms with Gasteiger partial charge in [0.25, 0.3) is 0 Å². The molecular formula is C12H15Br2NO3. The lowest BCUT2D eigenvalue weighted by Gasteiger charge is -2.22. The normalized spacial score (nSPS) is 13.9. The van der Waals surface area contributed by atoms with Gasteiger partial charge in [0.15, 0.2) is 5.60 Å². The highest BCUT2D eigenvalue weighted by Crippen LogP contribution is 2.32. The van der Waals surface area contributed by atoms with Gasteiger partial charge in [0.1, 0.15) is 0 Å². The third-order valence-corrected chi connectivity index (χ3v) is 3.67. The number of ether oxygens (including phenoxy) is 1. The molecule has 0 radical (unpaired) electrons. The summed E-state index contributed by atoms with van der Waals surface area (Å²) in [5.41, 5.74) is 0.308. The number of aliphatic hydroxyl groups is 1. The van der Waals surface area contributed by atoms with Crippen LogP contribution in [0.4, 0.5) is 5.69 Å². The Morgan fingerprint density at radius 3 is 2.39 bits per heavy atom. The molecule has 1 atom stereocenters. The highest BCUT2D eigenvalue weighted by atomic mass is 79.9. The van der Waals surface area contributed by atoms with Crippen molar-refractivity contribution in [2.45, 2.75) is 19.4 Å². The average molecular weight is 381 g/mol. The minimum Gasteiger partial charge on any atom is -0.467 e. The lowest BCUT2D eigenvalue weighted by molar-refractivity contribution is -0.158. The van der Waals surface area contributed by atoms with Crippen LogP contribution in [0.2, 0.25) is 0 Å². The van der Waals surface area contributed by atoms with Crippen LogP contribution in [-0.4, -0.2) is 30.3 Å². The fraction of sp³-hybridized carbons (Fsp3) is 0.417. The summed E-state index contributed by atoms with van der Waals surface area (Å²) in [4.78, 5) is 11.3. The van der Waals surface area contributed by atoms with Crippen LogP contribution in [0, 0.1) is 6.92 Å². The van der Waals surface area contributed by atoms with Crippen LogP contribution in [-0.2, 0) is 9.53 Å². The standard InChI is InChI=1S/C12H15Br2NO3/c1-7-4-8(13)10(9(14)5-7)15-6-12(2,17)11(16)18-3/h4-5,15,17H,6H2,1-3H3. The van der Waals surface area contributed by atoms with E-state index in [2.05, 4.69) is 41.9 Å². The van der Waals surface area contributed by atoms with E-state index in [1.165, 1.54) is 14.0 Å². The van der Waals surface area contributed by atoms with Crippen LogP contribution >= 0.6 is 31.9 Å². The molecule has 0 bridgehead atoms. The van der Waals surface area contributed by atoms with Crippen molar-refractivity contribution >= 4 is 43.5 Å². The van der Waals surface area contributed by atoms with E-state index in [4.69, 9.17) is 0 Å². The average Bonchev–Trinajstić information content (AvgIpc) is 2.26. The largest absolute Gasteiger partial charge is 0.467 e. The fourth-order valence-electron chi connectivity index (χ4n) is 1.42. The molecule has 6 heteroatoms. The third-order valence-electron chi connectivity index (χ3n) is 2.42. The summed E-state index contributed by atoms with van der Waals surface area (Å²) in [6.45, 7) is 3.44. The number of aryl methyl sites for hydroxylation is 1. The summed E-state index contributed by atoms with van der Waals surface area (Å²) in [7, 11) is 1.24. The molecule has 0 aliphatic rings. The first-order valence-corrected chi connectivity index (χ1v) is 6.87. The number of methoxy groups -OCH3 is 1. The Hall–Kier alpha value is -0.590. The molecule has 0 aliphatic heterocycles. The zero-order valence-electron chi connectivity index (χ0n) is 10.4. The fourth-order valence-corrected chi connectivity index (χ4v) is 3.12. The summed E-state index contributed by atoms with van der Waals surface area (Å²) < 4.78 is 6.24. The van der Waals surface area contributed by atoms with Crippen LogP contribution < -0.4 is 5.32 Å². The number of carbonyl (C=O) groups is 1. The SMILES string of the molecule is COC(=O)C(C)(O)CNc1c(Br)cc(C)cc1Br. The Balaban J connectivity index is 2.84. The number of nitrogens with one attached hydrogen (secondary N) is 1. The molecule has 1 rings (SSSR count). The first-order valence-electron chi connectivity index (χ1n) is 5.28. The molecule has 1 aromatic carbocycles. The highest BCUT2D eigenvalue weighted by molar-refractivity contribution is 9.11. The lowest BCUT2D eigenvalue weighted by atomic mass is 10.1. The number of halogens is 2. The zero-order valence-corrected chi connectivity index (χ0v) is 13.6. The Morgan fingerprint density at radius 1 is 1.44 bits per heavy atom. The highest BCUT2D eigenvalue weighted by Gasteiger charge is 2.31. The monoisotopic (exact) mass is 379 g/mol. The Kier molecular flexibility index (Phi) is 5.19. The van der Waals surface area contributed by atoms with Crippen LogP contribution in [0.25, 0.3) is 0 Å². The van der Waals surface area contributed by atoms with Gasteiger partial charge in [0.05, 0.1) is 19.3 Å². The van der Waals surface area contributed by atoms with Crippen LogP contribution in [0.15, 0.2) is 21.1 Å². The van der Waals surface area contributed by atoms with Gasteiger partial charge in [-0.05, 0) is 63.4 Å². The molecule has 0 amide bonds.